The summed E-state index contributed by atoms with van der Waals surface area (Å²) in [4.78, 5) is 4.41. The summed E-state index contributed by atoms with van der Waals surface area (Å²) >= 11 is 0. The summed E-state index contributed by atoms with van der Waals surface area (Å²) in [6.07, 6.45) is 6.30. The van der Waals surface area contributed by atoms with Gasteiger partial charge in [0.15, 0.2) is 0 Å². The van der Waals surface area contributed by atoms with Gasteiger partial charge in [0.25, 0.3) is 0 Å². The lowest BCUT2D eigenvalue weighted by Crippen LogP contribution is -2.12. The fourth-order valence-corrected chi connectivity index (χ4v) is 2.14. The lowest BCUT2D eigenvalue weighted by atomic mass is 9.85. The number of aromatic nitrogens is 1. The van der Waals surface area contributed by atoms with Crippen molar-refractivity contribution in [2.75, 3.05) is 6.61 Å². The molecule has 0 aromatic carbocycles. The predicted molar refractivity (Wildman–Crippen MR) is 51.6 cm³/mol. The van der Waals surface area contributed by atoms with E-state index < -0.39 is 0 Å². The minimum Gasteiger partial charge on any atom is -0.396 e. The molecule has 1 atom stereocenters. The van der Waals surface area contributed by atoms with Gasteiger partial charge in [-0.2, -0.15) is 0 Å². The maximum atomic E-state index is 8.92. The fraction of sp³-hybridized carbons (Fsp3) is 0.545. The van der Waals surface area contributed by atoms with Crippen molar-refractivity contribution in [2.45, 2.75) is 31.6 Å². The summed E-state index contributed by atoms with van der Waals surface area (Å²) in [5.74, 6) is 0.495. The van der Waals surface area contributed by atoms with Gasteiger partial charge in [-0.05, 0) is 37.3 Å². The number of nitrogens with zero attached hydrogens (tertiary/aromatic N) is 1. The Morgan fingerprint density at radius 2 is 2.46 bits per heavy atom. The quantitative estimate of drug-likeness (QED) is 0.748. The topological polar surface area (TPSA) is 33.1 Å². The number of aliphatic hydroxyl groups is 1. The Balaban J connectivity index is 2.26. The second-order valence-electron chi connectivity index (χ2n) is 3.65. The van der Waals surface area contributed by atoms with Crippen LogP contribution in [0.25, 0.3) is 0 Å². The van der Waals surface area contributed by atoms with Gasteiger partial charge >= 0.3 is 0 Å². The summed E-state index contributed by atoms with van der Waals surface area (Å²) < 4.78 is 0. The van der Waals surface area contributed by atoms with Crippen molar-refractivity contribution in [3.05, 3.63) is 29.6 Å². The van der Waals surface area contributed by atoms with Crippen LogP contribution in [-0.2, 0) is 6.42 Å². The molecule has 2 rings (SSSR count). The molecule has 1 aliphatic rings. The first-order valence-corrected chi connectivity index (χ1v) is 4.96. The monoisotopic (exact) mass is 177 g/mol. The van der Waals surface area contributed by atoms with E-state index in [9.17, 15) is 0 Å². The summed E-state index contributed by atoms with van der Waals surface area (Å²) in [6, 6.07) is 4.16. The maximum absolute atomic E-state index is 8.92. The molecule has 1 aromatic rings. The van der Waals surface area contributed by atoms with Crippen molar-refractivity contribution in [2.24, 2.45) is 0 Å². The van der Waals surface area contributed by atoms with E-state index in [0.29, 0.717) is 5.92 Å². The molecule has 2 nitrogen and oxygen atoms in total. The van der Waals surface area contributed by atoms with E-state index >= 15 is 0 Å². The van der Waals surface area contributed by atoms with Gasteiger partial charge in [-0.15, -0.1) is 0 Å². The molecule has 0 aliphatic heterocycles. The van der Waals surface area contributed by atoms with E-state index in [4.69, 9.17) is 5.11 Å². The third-order valence-electron chi connectivity index (χ3n) is 2.79. The Kier molecular flexibility index (Phi) is 2.60. The van der Waals surface area contributed by atoms with Crippen LogP contribution < -0.4 is 0 Å². The average molecular weight is 177 g/mol. The second kappa shape index (κ2) is 3.88. The lowest BCUT2D eigenvalue weighted by Gasteiger charge is -2.23. The number of hydrogen-bond donors (Lipinski definition) is 1. The van der Waals surface area contributed by atoms with E-state index in [1.54, 1.807) is 0 Å². The molecule has 70 valence electrons. The SMILES string of the molecule is OCCC1CCCc2cccnc21. The normalized spacial score (nSPS) is 21.2. The van der Waals surface area contributed by atoms with Crippen LogP contribution >= 0.6 is 0 Å². The summed E-state index contributed by atoms with van der Waals surface area (Å²) in [7, 11) is 0. The van der Waals surface area contributed by atoms with Crippen molar-refractivity contribution in [3.63, 3.8) is 0 Å². The second-order valence-corrected chi connectivity index (χ2v) is 3.65. The number of fused-ring (bicyclic) bond motifs is 1. The number of pyridine rings is 1. The zero-order chi connectivity index (χ0) is 9.10. The average Bonchev–Trinajstić information content (AvgIpc) is 2.19. The molecule has 2 heteroatoms. The largest absolute Gasteiger partial charge is 0.396 e. The van der Waals surface area contributed by atoms with Gasteiger partial charge in [0.2, 0.25) is 0 Å². The Bertz CT molecular complexity index is 285. The van der Waals surface area contributed by atoms with Crippen LogP contribution in [0.3, 0.4) is 0 Å². The van der Waals surface area contributed by atoms with E-state index in [2.05, 4.69) is 11.1 Å². The van der Waals surface area contributed by atoms with Gasteiger partial charge in [-0.25, -0.2) is 0 Å². The lowest BCUT2D eigenvalue weighted by molar-refractivity contribution is 0.268. The number of hydrogen-bond acceptors (Lipinski definition) is 2. The van der Waals surface area contributed by atoms with E-state index in [1.807, 2.05) is 12.3 Å². The van der Waals surface area contributed by atoms with Crippen molar-refractivity contribution in [3.8, 4) is 0 Å². The van der Waals surface area contributed by atoms with Gasteiger partial charge < -0.3 is 5.11 Å². The first kappa shape index (κ1) is 8.70. The Morgan fingerprint density at radius 1 is 1.54 bits per heavy atom. The molecule has 1 aromatic heterocycles. The summed E-state index contributed by atoms with van der Waals surface area (Å²) in [6.45, 7) is 0.278. The summed E-state index contributed by atoms with van der Waals surface area (Å²) in [5.41, 5.74) is 2.61. The number of rotatable bonds is 2. The molecular formula is C11H15NO. The smallest absolute Gasteiger partial charge is 0.0467 e. The number of aryl methyl sites for hydroxylation is 1. The van der Waals surface area contributed by atoms with Gasteiger partial charge in [0, 0.05) is 24.4 Å². The van der Waals surface area contributed by atoms with Crippen LogP contribution in [0.2, 0.25) is 0 Å². The molecule has 1 unspecified atom stereocenters. The van der Waals surface area contributed by atoms with Crippen LogP contribution in [-0.4, -0.2) is 16.7 Å². The van der Waals surface area contributed by atoms with Crippen molar-refractivity contribution in [1.82, 2.24) is 4.98 Å². The standard InChI is InChI=1S/C11H15NO/c13-8-6-10-4-1-3-9-5-2-7-12-11(9)10/h2,5,7,10,13H,1,3-4,6,8H2. The van der Waals surface area contributed by atoms with Gasteiger partial charge in [-0.3, -0.25) is 4.98 Å². The Morgan fingerprint density at radius 3 is 3.31 bits per heavy atom. The van der Waals surface area contributed by atoms with Crippen molar-refractivity contribution < 1.29 is 5.11 Å². The van der Waals surface area contributed by atoms with Crippen LogP contribution in [0.5, 0.6) is 0 Å². The maximum Gasteiger partial charge on any atom is 0.0467 e. The molecule has 0 fully saturated rings. The molecule has 13 heavy (non-hydrogen) atoms. The molecule has 0 radical (unpaired) electrons. The highest BCUT2D eigenvalue weighted by atomic mass is 16.3. The first-order chi connectivity index (χ1) is 6.42. The predicted octanol–water partition coefficient (Wildman–Crippen LogP) is 1.88. The van der Waals surface area contributed by atoms with Crippen molar-refractivity contribution in [1.29, 1.82) is 0 Å². The molecule has 1 aliphatic carbocycles. The van der Waals surface area contributed by atoms with Crippen LogP contribution in [0.4, 0.5) is 0 Å². The van der Waals surface area contributed by atoms with E-state index in [0.717, 1.165) is 12.8 Å². The molecule has 0 bridgehead atoms. The minimum absolute atomic E-state index is 0.278. The van der Waals surface area contributed by atoms with Crippen LogP contribution in [0.1, 0.15) is 36.4 Å². The van der Waals surface area contributed by atoms with E-state index in [1.165, 1.54) is 24.1 Å². The van der Waals surface area contributed by atoms with Crippen LogP contribution in [0, 0.1) is 0 Å². The molecule has 0 spiro atoms. The molecule has 0 amide bonds. The molecular weight excluding hydrogens is 162 g/mol. The van der Waals surface area contributed by atoms with Gasteiger partial charge in [0.1, 0.15) is 0 Å². The third kappa shape index (κ3) is 1.73. The van der Waals surface area contributed by atoms with Crippen molar-refractivity contribution >= 4 is 0 Å². The molecule has 0 saturated heterocycles. The zero-order valence-electron chi connectivity index (χ0n) is 7.74. The third-order valence-corrected chi connectivity index (χ3v) is 2.79. The van der Waals surface area contributed by atoms with E-state index in [-0.39, 0.29) is 6.61 Å². The highest BCUT2D eigenvalue weighted by Crippen LogP contribution is 2.31. The Labute approximate surface area is 78.6 Å². The zero-order valence-corrected chi connectivity index (χ0v) is 7.74. The van der Waals surface area contributed by atoms with Crippen LogP contribution in [0.15, 0.2) is 18.3 Å². The highest BCUT2D eigenvalue weighted by molar-refractivity contribution is 5.25. The highest BCUT2D eigenvalue weighted by Gasteiger charge is 2.20. The summed E-state index contributed by atoms with van der Waals surface area (Å²) in [5, 5.41) is 8.92. The molecule has 1 heterocycles. The molecule has 1 N–H and O–H groups in total. The minimum atomic E-state index is 0.278. The number of aliphatic hydroxyl groups excluding tert-OH is 1. The fourth-order valence-electron chi connectivity index (χ4n) is 2.14. The van der Waals surface area contributed by atoms with Gasteiger partial charge in [0.05, 0.1) is 0 Å². The Hall–Kier alpha value is -0.890. The molecule has 0 saturated carbocycles. The van der Waals surface area contributed by atoms with Gasteiger partial charge in [-0.1, -0.05) is 6.07 Å². The first-order valence-electron chi connectivity index (χ1n) is 4.96.